The second-order valence-electron chi connectivity index (χ2n) is 3.20. The smallest absolute Gasteiger partial charge is 0.325 e. The van der Waals surface area contributed by atoms with Crippen LogP contribution in [0.2, 0.25) is 0 Å². The van der Waals surface area contributed by atoms with Crippen molar-refractivity contribution in [2.24, 2.45) is 0 Å². The summed E-state index contributed by atoms with van der Waals surface area (Å²) in [4.78, 5) is 10.9. The van der Waals surface area contributed by atoms with Crippen LogP contribution in [0.5, 0.6) is 0 Å². The normalized spacial score (nSPS) is 27.4. The van der Waals surface area contributed by atoms with Gasteiger partial charge in [-0.25, -0.2) is 8.42 Å². The van der Waals surface area contributed by atoms with E-state index in [9.17, 15) is 13.2 Å². The summed E-state index contributed by atoms with van der Waals surface area (Å²) >= 11 is 0. The highest BCUT2D eigenvalue weighted by atomic mass is 32.2. The minimum absolute atomic E-state index is 0.257. The number of methoxy groups -OCH3 is 1. The Kier molecular flexibility index (Phi) is 2.63. The first-order valence-electron chi connectivity index (χ1n) is 3.99. The fourth-order valence-electron chi connectivity index (χ4n) is 1.00. The van der Waals surface area contributed by atoms with E-state index in [1.807, 2.05) is 0 Å². The number of esters is 1. The van der Waals surface area contributed by atoms with E-state index in [1.54, 1.807) is 13.8 Å². The van der Waals surface area contributed by atoms with E-state index in [0.29, 0.717) is 0 Å². The van der Waals surface area contributed by atoms with Crippen molar-refractivity contribution >= 4 is 16.0 Å². The van der Waals surface area contributed by atoms with Crippen LogP contribution in [-0.2, 0) is 19.6 Å². The average Bonchev–Trinajstić information content (AvgIpc) is 2.81. The molecule has 76 valence electrons. The van der Waals surface area contributed by atoms with Crippen LogP contribution in [0.25, 0.3) is 0 Å². The maximum atomic E-state index is 11.4. The molecule has 1 saturated heterocycles. The van der Waals surface area contributed by atoms with Gasteiger partial charge >= 0.3 is 5.97 Å². The van der Waals surface area contributed by atoms with Gasteiger partial charge in [0.1, 0.15) is 6.04 Å². The van der Waals surface area contributed by atoms with Crippen molar-refractivity contribution in [3.63, 3.8) is 0 Å². The number of sulfonamides is 1. The number of carbonyl (C=O) groups is 1. The van der Waals surface area contributed by atoms with Crippen molar-refractivity contribution < 1.29 is 17.9 Å². The first kappa shape index (κ1) is 10.5. The Morgan fingerprint density at radius 2 is 2.08 bits per heavy atom. The molecule has 1 aliphatic heterocycles. The monoisotopic (exact) mass is 207 g/mol. The highest BCUT2D eigenvalue weighted by molar-refractivity contribution is 7.90. The number of nitrogens with zero attached hydrogens (tertiary/aromatic N) is 1. The Bertz CT molecular complexity index is 308. The van der Waals surface area contributed by atoms with Crippen LogP contribution >= 0.6 is 0 Å². The largest absolute Gasteiger partial charge is 0.468 e. The first-order chi connectivity index (χ1) is 5.91. The second kappa shape index (κ2) is 3.26. The Morgan fingerprint density at radius 1 is 1.54 bits per heavy atom. The van der Waals surface area contributed by atoms with Crippen LogP contribution in [0.3, 0.4) is 0 Å². The van der Waals surface area contributed by atoms with E-state index in [1.165, 1.54) is 7.11 Å². The molecule has 1 fully saturated rings. The van der Waals surface area contributed by atoms with E-state index in [2.05, 4.69) is 4.74 Å². The molecule has 0 aliphatic carbocycles. The summed E-state index contributed by atoms with van der Waals surface area (Å²) in [6.45, 7) is 3.43. The Labute approximate surface area is 77.7 Å². The van der Waals surface area contributed by atoms with Gasteiger partial charge in [0.15, 0.2) is 0 Å². The fourth-order valence-corrected chi connectivity index (χ4v) is 2.33. The molecule has 0 bridgehead atoms. The lowest BCUT2D eigenvalue weighted by atomic mass is 10.5. The number of carbonyl (C=O) groups excluding carboxylic acids is 1. The molecule has 0 amide bonds. The van der Waals surface area contributed by atoms with Crippen molar-refractivity contribution in [1.82, 2.24) is 4.31 Å². The van der Waals surface area contributed by atoms with Crippen LogP contribution in [0.15, 0.2) is 0 Å². The van der Waals surface area contributed by atoms with Gasteiger partial charge in [0.05, 0.1) is 12.4 Å². The van der Waals surface area contributed by atoms with Crippen LogP contribution in [0, 0.1) is 0 Å². The van der Waals surface area contributed by atoms with Gasteiger partial charge in [-0.15, -0.1) is 0 Å². The molecule has 5 nitrogen and oxygen atoms in total. The summed E-state index contributed by atoms with van der Waals surface area (Å²) in [5.41, 5.74) is 0. The van der Waals surface area contributed by atoms with Crippen molar-refractivity contribution in [3.8, 4) is 0 Å². The summed E-state index contributed by atoms with van der Waals surface area (Å²) in [5, 5.41) is -0.484. The van der Waals surface area contributed by atoms with Crippen molar-refractivity contribution in [2.75, 3.05) is 13.7 Å². The number of rotatable bonds is 3. The molecule has 0 aromatic heterocycles. The quantitative estimate of drug-likeness (QED) is 0.466. The summed E-state index contributed by atoms with van der Waals surface area (Å²) in [6.07, 6.45) is 0. The SMILES string of the molecule is COC(=O)C1CN1S(=O)(=O)C(C)C. The molecule has 2 unspecified atom stereocenters. The minimum Gasteiger partial charge on any atom is -0.468 e. The summed E-state index contributed by atoms with van der Waals surface area (Å²) in [6, 6.07) is -0.586. The zero-order valence-electron chi connectivity index (χ0n) is 7.85. The van der Waals surface area contributed by atoms with Gasteiger partial charge in [0, 0.05) is 6.54 Å². The summed E-state index contributed by atoms with van der Waals surface area (Å²) in [5.74, 6) is -0.482. The van der Waals surface area contributed by atoms with Crippen LogP contribution in [0.4, 0.5) is 0 Å². The highest BCUT2D eigenvalue weighted by Crippen LogP contribution is 2.26. The van der Waals surface area contributed by atoms with Crippen molar-refractivity contribution in [2.45, 2.75) is 25.1 Å². The van der Waals surface area contributed by atoms with Gasteiger partial charge in [-0.05, 0) is 13.8 Å². The van der Waals surface area contributed by atoms with Crippen LogP contribution in [-0.4, -0.2) is 43.6 Å². The predicted molar refractivity (Wildman–Crippen MR) is 46.6 cm³/mol. The van der Waals surface area contributed by atoms with E-state index >= 15 is 0 Å². The minimum atomic E-state index is -3.28. The van der Waals surface area contributed by atoms with Gasteiger partial charge in [-0.3, -0.25) is 4.79 Å². The van der Waals surface area contributed by atoms with Gasteiger partial charge < -0.3 is 4.74 Å². The molecule has 0 aromatic carbocycles. The lowest BCUT2D eigenvalue weighted by molar-refractivity contribution is -0.140. The summed E-state index contributed by atoms with van der Waals surface area (Å²) in [7, 11) is -2.02. The molecule has 0 saturated carbocycles. The highest BCUT2D eigenvalue weighted by Gasteiger charge is 2.50. The molecule has 0 spiro atoms. The zero-order valence-corrected chi connectivity index (χ0v) is 8.67. The van der Waals surface area contributed by atoms with Gasteiger partial charge in [-0.1, -0.05) is 0 Å². The van der Waals surface area contributed by atoms with Crippen molar-refractivity contribution in [3.05, 3.63) is 0 Å². The second-order valence-corrected chi connectivity index (χ2v) is 5.64. The number of hydrogen-bond acceptors (Lipinski definition) is 4. The third-order valence-electron chi connectivity index (χ3n) is 1.96. The van der Waals surface area contributed by atoms with Gasteiger partial charge in [-0.2, -0.15) is 4.31 Å². The standard InChI is InChI=1S/C7H13NO4S/c1-5(2)13(10,11)8-4-6(8)7(9)12-3/h5-6H,4H2,1-3H3. The molecular formula is C7H13NO4S. The molecule has 0 aromatic rings. The molecule has 2 atom stereocenters. The van der Waals surface area contributed by atoms with E-state index in [-0.39, 0.29) is 6.54 Å². The first-order valence-corrected chi connectivity index (χ1v) is 5.50. The maximum Gasteiger partial charge on any atom is 0.325 e. The molecule has 6 heteroatoms. The third-order valence-corrected chi connectivity index (χ3v) is 4.21. The zero-order chi connectivity index (χ0) is 10.2. The Morgan fingerprint density at radius 3 is 2.46 bits per heavy atom. The van der Waals surface area contributed by atoms with Crippen LogP contribution < -0.4 is 0 Å². The maximum absolute atomic E-state index is 11.4. The van der Waals surface area contributed by atoms with Crippen LogP contribution in [0.1, 0.15) is 13.8 Å². The Hall–Kier alpha value is -0.620. The summed E-state index contributed by atoms with van der Waals surface area (Å²) < 4.78 is 28.5. The topological polar surface area (TPSA) is 63.5 Å². The lowest BCUT2D eigenvalue weighted by Gasteiger charge is -2.07. The molecule has 1 heterocycles. The van der Waals surface area contributed by atoms with Gasteiger partial charge in [0.25, 0.3) is 0 Å². The van der Waals surface area contributed by atoms with E-state index in [0.717, 1.165) is 4.31 Å². The Balaban J connectivity index is 2.67. The molecule has 0 N–H and O–H groups in total. The molecule has 1 aliphatic rings. The van der Waals surface area contributed by atoms with Crippen molar-refractivity contribution in [1.29, 1.82) is 0 Å². The van der Waals surface area contributed by atoms with E-state index in [4.69, 9.17) is 0 Å². The van der Waals surface area contributed by atoms with Gasteiger partial charge in [0.2, 0.25) is 10.0 Å². The fraction of sp³-hybridized carbons (Fsp3) is 0.857. The molecular weight excluding hydrogens is 194 g/mol. The third kappa shape index (κ3) is 1.83. The van der Waals surface area contributed by atoms with E-state index < -0.39 is 27.3 Å². The predicted octanol–water partition coefficient (Wildman–Crippen LogP) is -0.418. The number of ether oxygens (including phenoxy) is 1. The number of hydrogen-bond donors (Lipinski definition) is 0. The molecule has 0 radical (unpaired) electrons. The molecule has 1 rings (SSSR count). The lowest BCUT2D eigenvalue weighted by Crippen LogP contribution is -2.26. The average molecular weight is 207 g/mol. The molecule has 13 heavy (non-hydrogen) atoms.